The highest BCUT2D eigenvalue weighted by Crippen LogP contribution is 1.49. The van der Waals surface area contributed by atoms with Crippen LogP contribution in [0.15, 0.2) is 0 Å². The van der Waals surface area contributed by atoms with Crippen molar-refractivity contribution in [1.82, 2.24) is 0 Å². The van der Waals surface area contributed by atoms with Crippen molar-refractivity contribution in [1.29, 1.82) is 0 Å². The Labute approximate surface area is 38.3 Å². The monoisotopic (exact) mass is 104 g/mol. The topological polar surface area (TPSA) is 40.8 Å². The molecule has 34 valence electrons. The Morgan fingerprint density at radius 1 is 2.00 bits per heavy atom. The maximum Gasteiger partial charge on any atom is 0.687 e. The summed E-state index contributed by atoms with van der Waals surface area (Å²) in [5.41, 5.74) is 0. The second kappa shape index (κ2) is 4.65. The lowest BCUT2D eigenvalue weighted by Gasteiger charge is -1.84. The van der Waals surface area contributed by atoms with E-state index in [1.54, 1.807) is 0 Å². The Kier molecular flexibility index (Phi) is 4.37. The van der Waals surface area contributed by atoms with Gasteiger partial charge in [0.05, 0.1) is 0 Å². The van der Waals surface area contributed by atoms with E-state index in [1.807, 2.05) is 6.47 Å². The Morgan fingerprint density at radius 3 is 2.83 bits per heavy atom. The van der Waals surface area contributed by atoms with Crippen LogP contribution < -0.4 is 0 Å². The van der Waals surface area contributed by atoms with E-state index in [0.29, 0.717) is 0 Å². The first-order valence-electron chi connectivity index (χ1n) is 1.24. The second-order valence-corrected chi connectivity index (χ2v) is 0.868. The molecule has 0 fully saturated rings. The summed E-state index contributed by atoms with van der Waals surface area (Å²) in [6.07, 6.45) is 0. The fourth-order valence-corrected chi connectivity index (χ4v) is 0.181. The molecule has 0 aromatic rings. The van der Waals surface area contributed by atoms with Gasteiger partial charge in [-0.15, -0.1) is 0 Å². The van der Waals surface area contributed by atoms with Crippen LogP contribution in [0.5, 0.6) is 0 Å². The van der Waals surface area contributed by atoms with E-state index < -0.39 is 10.0 Å². The fraction of sp³-hybridized carbons (Fsp3) is 0.500. The minimum absolute atomic E-state index is 0.572. The summed E-state index contributed by atoms with van der Waals surface area (Å²) < 4.78 is 8.25. The van der Waals surface area contributed by atoms with Gasteiger partial charge in [0.25, 0.3) is 0 Å². The quantitative estimate of drug-likeness (QED) is 0.270. The van der Waals surface area contributed by atoms with Crippen molar-refractivity contribution in [3.63, 3.8) is 0 Å². The van der Waals surface area contributed by atoms with Crippen molar-refractivity contribution in [2.24, 2.45) is 0 Å². The van der Waals surface area contributed by atoms with E-state index in [2.05, 4.69) is 8.85 Å². The SMILES string of the molecule is C[O+]=[C-]O[Si]O. The molecule has 0 aliphatic carbocycles. The average molecular weight is 104 g/mol. The van der Waals surface area contributed by atoms with Crippen LogP contribution in [-0.2, 0) is 8.85 Å². The molecule has 0 atom stereocenters. The van der Waals surface area contributed by atoms with Crippen LogP contribution in [0.2, 0.25) is 0 Å². The minimum Gasteiger partial charge on any atom is -0.571 e. The summed E-state index contributed by atoms with van der Waals surface area (Å²) in [4.78, 5) is 7.86. The van der Waals surface area contributed by atoms with Crippen LogP contribution in [0.1, 0.15) is 0 Å². The van der Waals surface area contributed by atoms with Crippen LogP contribution in [0, 0.1) is 0 Å². The molecule has 0 aliphatic rings. The molecule has 0 amide bonds. The average Bonchev–Trinajstić information content (AvgIpc) is 1.61. The first-order valence-corrected chi connectivity index (χ1v) is 2.10. The number of hydrogen-bond donors (Lipinski definition) is 1. The van der Waals surface area contributed by atoms with Gasteiger partial charge in [-0.25, -0.2) is 0 Å². The molecule has 0 spiro atoms. The van der Waals surface area contributed by atoms with E-state index in [4.69, 9.17) is 4.80 Å². The molecule has 0 unspecified atom stereocenters. The highest BCUT2D eigenvalue weighted by atomic mass is 28.2. The predicted molar refractivity (Wildman–Crippen MR) is 20.7 cm³/mol. The maximum atomic E-state index is 7.86. The minimum atomic E-state index is -0.572. The molecule has 0 aromatic heterocycles. The van der Waals surface area contributed by atoms with E-state index in [9.17, 15) is 0 Å². The lowest BCUT2D eigenvalue weighted by atomic mass is 11.6. The van der Waals surface area contributed by atoms with Crippen LogP contribution in [0.4, 0.5) is 0 Å². The van der Waals surface area contributed by atoms with Crippen molar-refractivity contribution in [3.8, 4) is 0 Å². The summed E-state index contributed by atoms with van der Waals surface area (Å²) in [6, 6.07) is 0. The van der Waals surface area contributed by atoms with E-state index in [1.165, 1.54) is 7.11 Å². The van der Waals surface area contributed by atoms with Gasteiger partial charge >= 0.3 is 10.0 Å². The van der Waals surface area contributed by atoms with Gasteiger partial charge in [0, 0.05) is 0 Å². The van der Waals surface area contributed by atoms with Crippen molar-refractivity contribution < 1.29 is 13.6 Å². The molecule has 0 saturated heterocycles. The summed E-state index contributed by atoms with van der Waals surface area (Å²) in [5.74, 6) is 0. The van der Waals surface area contributed by atoms with Gasteiger partial charge < -0.3 is 13.6 Å². The molecule has 0 saturated carbocycles. The van der Waals surface area contributed by atoms with E-state index in [-0.39, 0.29) is 0 Å². The summed E-state index contributed by atoms with van der Waals surface area (Å²) >= 11 is 0. The number of hydrogen-bond acceptors (Lipinski definition) is 2. The molecule has 0 rings (SSSR count). The zero-order valence-corrected chi connectivity index (χ0v) is 4.26. The second-order valence-electron chi connectivity index (χ2n) is 0.481. The molecule has 6 heavy (non-hydrogen) atoms. The standard InChI is InChI=1S/C2H4O3Si/c1-4-2-5-6-3/h3H,1H3. The molecule has 0 heterocycles. The van der Waals surface area contributed by atoms with Crippen molar-refractivity contribution in [2.45, 2.75) is 0 Å². The molecule has 0 aliphatic heterocycles. The number of rotatable bonds is 2. The molecular formula is C2H4O3Si. The zero-order chi connectivity index (χ0) is 4.83. The van der Waals surface area contributed by atoms with E-state index >= 15 is 0 Å². The zero-order valence-electron chi connectivity index (χ0n) is 3.26. The third-order valence-corrected chi connectivity index (χ3v) is 0.345. The molecule has 1 N–H and O–H groups in total. The largest absolute Gasteiger partial charge is 0.687 e. The Morgan fingerprint density at radius 2 is 2.67 bits per heavy atom. The van der Waals surface area contributed by atoms with Gasteiger partial charge in [-0.05, 0) is 0 Å². The molecule has 0 bridgehead atoms. The first-order chi connectivity index (χ1) is 2.91. The van der Waals surface area contributed by atoms with Crippen LogP contribution in [-0.4, -0.2) is 28.4 Å². The van der Waals surface area contributed by atoms with Crippen molar-refractivity contribution in [2.75, 3.05) is 7.11 Å². The third kappa shape index (κ3) is 3.65. The Hall–Kier alpha value is -0.353. The number of carbonyl (C=O) groups excluding carboxylic acids is 1. The molecule has 4 heteroatoms. The lowest BCUT2D eigenvalue weighted by Crippen LogP contribution is -1.93. The smallest absolute Gasteiger partial charge is 0.571 e. The highest BCUT2D eigenvalue weighted by Gasteiger charge is 1.78. The summed E-state index contributed by atoms with van der Waals surface area (Å²) in [6.45, 7) is 1.96. The van der Waals surface area contributed by atoms with Gasteiger partial charge in [0.15, 0.2) is 0 Å². The molecule has 3 nitrogen and oxygen atoms in total. The summed E-state index contributed by atoms with van der Waals surface area (Å²) in [7, 11) is 0.818. The van der Waals surface area contributed by atoms with Crippen LogP contribution in [0.3, 0.4) is 0 Å². The predicted octanol–water partition coefficient (Wildman–Crippen LogP) is -1.24. The maximum absolute atomic E-state index is 7.86. The van der Waals surface area contributed by atoms with Crippen molar-refractivity contribution >= 4 is 16.5 Å². The lowest BCUT2D eigenvalue weighted by molar-refractivity contribution is 0.155. The Balaban J connectivity index is 2.66. The van der Waals surface area contributed by atoms with Crippen molar-refractivity contribution in [3.05, 3.63) is 0 Å². The fourth-order valence-electron chi connectivity index (χ4n) is 0.0603. The van der Waals surface area contributed by atoms with Gasteiger partial charge in [0.2, 0.25) is 0 Å². The van der Waals surface area contributed by atoms with Crippen LogP contribution >= 0.6 is 0 Å². The van der Waals surface area contributed by atoms with Gasteiger partial charge in [0.1, 0.15) is 13.6 Å². The Bertz CT molecular complexity index is 44.1. The first kappa shape index (κ1) is 5.65. The van der Waals surface area contributed by atoms with Gasteiger partial charge in [-0.2, -0.15) is 0 Å². The molecule has 2 radical (unpaired) electrons. The van der Waals surface area contributed by atoms with E-state index in [0.717, 1.165) is 0 Å². The highest BCUT2D eigenvalue weighted by molar-refractivity contribution is 6.18. The molecular weight excluding hydrogens is 100 g/mol. The molecule has 0 aromatic carbocycles. The van der Waals surface area contributed by atoms with Gasteiger partial charge in [-0.1, -0.05) is 0 Å². The summed E-state index contributed by atoms with van der Waals surface area (Å²) in [5, 5.41) is 0. The third-order valence-electron chi connectivity index (χ3n) is 0.171. The van der Waals surface area contributed by atoms with Crippen LogP contribution in [0.25, 0.3) is 0 Å². The normalized spacial score (nSPS) is 9.67. The van der Waals surface area contributed by atoms with Gasteiger partial charge in [-0.3, -0.25) is 0 Å².